The van der Waals surface area contributed by atoms with Crippen molar-refractivity contribution in [2.24, 2.45) is 44.3 Å². The summed E-state index contributed by atoms with van der Waals surface area (Å²) in [5.41, 5.74) is 16.6. The molecule has 0 N–H and O–H groups in total. The van der Waals surface area contributed by atoms with Gasteiger partial charge in [0.1, 0.15) is 0 Å². The molecule has 6 aromatic rings. The van der Waals surface area contributed by atoms with Crippen molar-refractivity contribution in [1.82, 2.24) is 0 Å². The minimum absolute atomic E-state index is 0. The quantitative estimate of drug-likeness (QED) is 0.161. The fourth-order valence-corrected chi connectivity index (χ4v) is 18.5. The van der Waals surface area contributed by atoms with Gasteiger partial charge in [0, 0.05) is 14.5 Å². The van der Waals surface area contributed by atoms with Crippen LogP contribution in [0.5, 0.6) is 0 Å². The molecule has 2 heterocycles. The molecule has 2 aromatic heterocycles. The Morgan fingerprint density at radius 2 is 0.724 bits per heavy atom. The first-order valence-corrected chi connectivity index (χ1v) is 40.6. The van der Waals surface area contributed by atoms with E-state index >= 15 is 0 Å². The van der Waals surface area contributed by atoms with Gasteiger partial charge in [-0.25, -0.2) is 0 Å². The average Bonchev–Trinajstić information content (AvgIpc) is 1.66. The van der Waals surface area contributed by atoms with E-state index in [9.17, 15) is 0 Å². The van der Waals surface area contributed by atoms with Gasteiger partial charge in [-0.2, -0.15) is 0 Å². The molecule has 4 aromatic carbocycles. The van der Waals surface area contributed by atoms with Crippen molar-refractivity contribution in [3.63, 3.8) is 0 Å². The first kappa shape index (κ1) is 112. The molecule has 105 heavy (non-hydrogen) atoms. The summed E-state index contributed by atoms with van der Waals surface area (Å²) < 4.78 is 1.42. The van der Waals surface area contributed by atoms with E-state index in [2.05, 4.69) is 379 Å². The van der Waals surface area contributed by atoms with E-state index in [1.54, 1.807) is 0 Å². The van der Waals surface area contributed by atoms with E-state index in [-0.39, 0.29) is 89.9 Å². The molecule has 0 bridgehead atoms. The van der Waals surface area contributed by atoms with Gasteiger partial charge in [0.05, 0.1) is 0 Å². The van der Waals surface area contributed by atoms with Crippen LogP contribution in [-0.4, -0.2) is 0 Å². The second-order valence-electron chi connectivity index (χ2n) is 42.7. The minimum Gasteiger partial charge on any atom is -0.148 e. The Morgan fingerprint density at radius 1 is 0.343 bits per heavy atom. The van der Waals surface area contributed by atoms with E-state index < -0.39 is 0 Å². The Hall–Kier alpha value is -3.46. The van der Waals surface area contributed by atoms with Crippen molar-refractivity contribution in [1.29, 1.82) is 0 Å². The summed E-state index contributed by atoms with van der Waals surface area (Å²) in [5.74, 6) is 2.31. The summed E-state index contributed by atoms with van der Waals surface area (Å²) in [7, 11) is 0. The van der Waals surface area contributed by atoms with Gasteiger partial charge in [0.2, 0.25) is 0 Å². The Morgan fingerprint density at radius 3 is 1.06 bits per heavy atom. The third kappa shape index (κ3) is 35.2. The van der Waals surface area contributed by atoms with Gasteiger partial charge in [0.15, 0.2) is 0 Å². The lowest BCUT2D eigenvalue weighted by atomic mass is 9.54. The normalized spacial score (nSPS) is 14.6. The molecule has 0 atom stereocenters. The average molecular weight is 1490 g/mol. The monoisotopic (exact) mass is 1490 g/mol. The fourth-order valence-electron chi connectivity index (χ4n) is 15.8. The molecule has 0 unspecified atom stereocenters. The van der Waals surface area contributed by atoms with E-state index in [1.165, 1.54) is 122 Å². The Kier molecular flexibility index (Phi) is 47.1. The molecule has 8 rings (SSSR count). The molecule has 0 aliphatic heterocycles. The summed E-state index contributed by atoms with van der Waals surface area (Å²) in [6.45, 7) is 90.5. The predicted molar refractivity (Wildman–Crippen MR) is 499 cm³/mol. The molecule has 2 aliphatic carbocycles. The summed E-state index contributed by atoms with van der Waals surface area (Å²) in [6, 6.07) is 37.6. The number of fused-ring (bicyclic) bond motifs is 1. The van der Waals surface area contributed by atoms with Gasteiger partial charge in [0.25, 0.3) is 0 Å². The molecule has 0 spiro atoms. The summed E-state index contributed by atoms with van der Waals surface area (Å²) in [6.07, 6.45) is 15.4. The first-order chi connectivity index (χ1) is 44.0. The van der Waals surface area contributed by atoms with Gasteiger partial charge >= 0.3 is 0 Å². The summed E-state index contributed by atoms with van der Waals surface area (Å²) >= 11 is 3.84. The Bertz CT molecular complexity index is 3210. The number of hydrogen-bond acceptors (Lipinski definition) is 2. The van der Waals surface area contributed by atoms with Crippen LogP contribution in [0.15, 0.2) is 109 Å². The molecular formula is C103H188S2. The molecule has 0 saturated heterocycles. The maximum atomic E-state index is 2.43. The van der Waals surface area contributed by atoms with Gasteiger partial charge in [-0.05, 0) is 194 Å². The third-order valence-corrected chi connectivity index (χ3v) is 24.0. The predicted octanol–water partition coefficient (Wildman–Crippen LogP) is 36.4. The number of benzene rings is 4. The highest BCUT2D eigenvalue weighted by atomic mass is 32.1. The zero-order valence-electron chi connectivity index (χ0n) is 72.2. The second-order valence-corrected chi connectivity index (χ2v) is 44.6. The van der Waals surface area contributed by atoms with E-state index in [1.807, 2.05) is 22.7 Å². The fraction of sp³-hybridized carbons (Fsp3) is 0.709. The zero-order valence-corrected chi connectivity index (χ0v) is 73.9. The Labute approximate surface area is 671 Å². The van der Waals surface area contributed by atoms with E-state index in [4.69, 9.17) is 0 Å². The third-order valence-electron chi connectivity index (χ3n) is 21.1. The van der Waals surface area contributed by atoms with Crippen LogP contribution in [0.2, 0.25) is 0 Å². The highest BCUT2D eigenvalue weighted by Gasteiger charge is 2.46. The molecule has 2 fully saturated rings. The topological polar surface area (TPSA) is 0 Å². The molecule has 0 radical (unpaired) electrons. The molecule has 2 heteroatoms. The maximum Gasteiger partial charge on any atom is 0.0348 e. The van der Waals surface area contributed by atoms with Crippen molar-refractivity contribution in [2.75, 3.05) is 0 Å². The number of thiophene rings is 2. The van der Waals surface area contributed by atoms with Crippen molar-refractivity contribution < 1.29 is 0 Å². The number of hydrogen-bond donors (Lipinski definition) is 0. The molecular weight excluding hydrogens is 1300 g/mol. The lowest BCUT2D eigenvalue weighted by molar-refractivity contribution is -0.00866. The summed E-state index contributed by atoms with van der Waals surface area (Å²) in [5, 5.41) is 3.65. The van der Waals surface area contributed by atoms with Crippen LogP contribution in [0.4, 0.5) is 0 Å². The van der Waals surface area contributed by atoms with Gasteiger partial charge in [-0.1, -0.05) is 445 Å². The van der Waals surface area contributed by atoms with Gasteiger partial charge in [-0.3, -0.25) is 0 Å². The minimum atomic E-state index is 0. The largest absolute Gasteiger partial charge is 0.148 e. The lowest BCUT2D eigenvalue weighted by Gasteiger charge is -2.51. The highest BCUT2D eigenvalue weighted by molar-refractivity contribution is 7.19. The van der Waals surface area contributed by atoms with E-state index in [0.29, 0.717) is 38.4 Å². The van der Waals surface area contributed by atoms with Gasteiger partial charge in [-0.15, -0.1) is 22.7 Å². The molecule has 0 amide bonds. The van der Waals surface area contributed by atoms with Crippen LogP contribution in [0.3, 0.4) is 0 Å². The maximum absolute atomic E-state index is 2.43. The van der Waals surface area contributed by atoms with Crippen molar-refractivity contribution in [3.8, 4) is 0 Å². The Balaban J connectivity index is -0.000000270. The van der Waals surface area contributed by atoms with Crippen LogP contribution in [0.1, 0.15) is 440 Å². The summed E-state index contributed by atoms with van der Waals surface area (Å²) in [4.78, 5) is 3.06. The van der Waals surface area contributed by atoms with Crippen LogP contribution < -0.4 is 0 Å². The van der Waals surface area contributed by atoms with Crippen LogP contribution >= 0.6 is 22.7 Å². The molecule has 2 saturated carbocycles. The van der Waals surface area contributed by atoms with Crippen LogP contribution in [0.25, 0.3) is 10.1 Å². The van der Waals surface area contributed by atoms with Crippen molar-refractivity contribution in [3.05, 3.63) is 163 Å². The van der Waals surface area contributed by atoms with Crippen LogP contribution in [0, 0.1) is 44.3 Å². The van der Waals surface area contributed by atoms with Gasteiger partial charge < -0.3 is 0 Å². The second kappa shape index (κ2) is 44.0. The molecule has 0 nitrogen and oxygen atoms in total. The highest BCUT2D eigenvalue weighted by Crippen LogP contribution is 2.56. The lowest BCUT2D eigenvalue weighted by Crippen LogP contribution is -2.41. The van der Waals surface area contributed by atoms with Crippen molar-refractivity contribution in [2.45, 2.75) is 436 Å². The zero-order chi connectivity index (χ0) is 76.1. The SMILES string of the molecule is C.C.C.C.C.C.C.CC(C)(C)Cc1cccc(C(C)(C)C)c1.CC(C)(C)Cc1ccccc1C(C)(C)C.CC(C)(C)c1ccsc1C(C)(C)C.CC(C)(C)c1sc2ccccc2c1C(C)(C)C.CC(C)C1(C(C)(C)C)CCCC1.CC(C)C1(C(C)(C)C)CCCCC1.CC(C)c1ccccc1C(C)(C)C. The van der Waals surface area contributed by atoms with Crippen LogP contribution in [-0.2, 0) is 50.7 Å². The standard InChI is InChI=1S/C16H22S.2C15H24.C13H26.C13H20.C12H20S.C12H24.7CH4/c1-15(2,3)13-11-9-7-8-10-12(11)17-14(13)16(4,5)6;1-14(2,3)11-12-8-7-9-13(10-12)15(4,5)6;1-14(2,3)11-12-9-7-8-10-13(12)15(4,5)6;1-11(2)13(12(3,4)5)9-7-6-8-10-13;1-10(2)11-8-6-7-9-12(11)13(3,4)5;1-11(2,3)9-7-8-13-10(9)12(4,5)6;1-10(2)12(11(3,4)5)8-6-7-9-12;;;;;;;/h7-10H,1-6H3;2*7-10H,11H2,1-6H3;11H,6-10H2,1-5H3;6-10H,1-5H3;7-8H,1-6H3;10H,6-9H2,1-5H3;7*1H4. The molecule has 612 valence electrons. The number of rotatable bonds is 5. The van der Waals surface area contributed by atoms with Crippen molar-refractivity contribution >= 4 is 32.8 Å². The smallest absolute Gasteiger partial charge is 0.0348 e. The van der Waals surface area contributed by atoms with E-state index in [0.717, 1.165) is 24.7 Å². The first-order valence-electron chi connectivity index (χ1n) is 38.9. The molecule has 2 aliphatic rings.